The maximum atomic E-state index is 13.7. The third kappa shape index (κ3) is 6.39. The molecule has 1 N–H and O–H groups in total. The second-order valence-corrected chi connectivity index (χ2v) is 9.32. The third-order valence-corrected chi connectivity index (χ3v) is 5.74. The predicted octanol–water partition coefficient (Wildman–Crippen LogP) is 7.72. The normalized spacial score (nSPS) is 13.2. The van der Waals surface area contributed by atoms with E-state index in [2.05, 4.69) is 10.3 Å². The number of aromatic nitrogens is 1. The first kappa shape index (κ1) is 25.8. The summed E-state index contributed by atoms with van der Waals surface area (Å²) in [6, 6.07) is 14.2. The highest BCUT2D eigenvalue weighted by molar-refractivity contribution is 6.34. The summed E-state index contributed by atoms with van der Waals surface area (Å²) < 4.78 is 41.2. The van der Waals surface area contributed by atoms with Crippen molar-refractivity contribution in [2.75, 3.05) is 0 Å². The second kappa shape index (κ2) is 10.2. The number of carbonyl (C=O) groups is 1. The van der Waals surface area contributed by atoms with Crippen molar-refractivity contribution >= 4 is 35.2 Å². The summed E-state index contributed by atoms with van der Waals surface area (Å²) in [5.41, 5.74) is 1.54. The second-order valence-electron chi connectivity index (χ2n) is 8.45. The molecule has 0 bridgehead atoms. The molecule has 34 heavy (non-hydrogen) atoms. The molecule has 1 amide bonds. The number of hydrogen-bond donors (Lipinski definition) is 1. The van der Waals surface area contributed by atoms with Crippen molar-refractivity contribution < 1.29 is 18.0 Å². The molecule has 3 rings (SSSR count). The van der Waals surface area contributed by atoms with E-state index < -0.39 is 17.6 Å². The lowest BCUT2D eigenvalue weighted by molar-refractivity contribution is -0.139. The van der Waals surface area contributed by atoms with E-state index in [0.717, 1.165) is 6.08 Å². The van der Waals surface area contributed by atoms with E-state index in [1.807, 2.05) is 26.0 Å². The number of allylic oxidation sites excluding steroid dienone is 1. The van der Waals surface area contributed by atoms with Gasteiger partial charge >= 0.3 is 6.18 Å². The molecule has 1 aromatic heterocycles. The number of hydrogen-bond acceptors (Lipinski definition) is 2. The van der Waals surface area contributed by atoms with Gasteiger partial charge in [0.2, 0.25) is 0 Å². The maximum Gasteiger partial charge on any atom is 0.399 e. The van der Waals surface area contributed by atoms with Gasteiger partial charge in [0.15, 0.2) is 0 Å². The van der Waals surface area contributed by atoms with Gasteiger partial charge in [0, 0.05) is 21.8 Å². The lowest BCUT2D eigenvalue weighted by Gasteiger charge is -2.26. The summed E-state index contributed by atoms with van der Waals surface area (Å²) in [6.45, 7) is 5.43. The average molecular weight is 507 g/mol. The number of amides is 1. The molecule has 0 fully saturated rings. The van der Waals surface area contributed by atoms with E-state index >= 15 is 0 Å². The van der Waals surface area contributed by atoms with Gasteiger partial charge in [0.05, 0.1) is 17.2 Å². The molecule has 0 radical (unpaired) electrons. The average Bonchev–Trinajstić information content (AvgIpc) is 2.72. The molecule has 1 heterocycles. The van der Waals surface area contributed by atoms with Crippen LogP contribution in [0.2, 0.25) is 10.0 Å². The van der Waals surface area contributed by atoms with Crippen molar-refractivity contribution in [2.45, 2.75) is 38.4 Å². The summed E-state index contributed by atoms with van der Waals surface area (Å²) in [4.78, 5) is 17.2. The Morgan fingerprint density at radius 3 is 2.26 bits per heavy atom. The summed E-state index contributed by atoms with van der Waals surface area (Å²) in [7, 11) is 0. The van der Waals surface area contributed by atoms with E-state index in [9.17, 15) is 18.0 Å². The highest BCUT2D eigenvalue weighted by Crippen LogP contribution is 2.38. The topological polar surface area (TPSA) is 42.0 Å². The SMILES string of the molecule is Cc1cc(C=CC(c2cc(Cl)cc(Cl)c2)C(F)(F)F)ccc1C(=O)NC(C)(C)c1ccccn1. The Morgan fingerprint density at radius 2 is 1.71 bits per heavy atom. The van der Waals surface area contributed by atoms with Gasteiger partial charge in [0.25, 0.3) is 5.91 Å². The molecule has 0 spiro atoms. The minimum atomic E-state index is -4.53. The first-order chi connectivity index (χ1) is 15.9. The van der Waals surface area contributed by atoms with Crippen LogP contribution in [0.5, 0.6) is 0 Å². The summed E-state index contributed by atoms with van der Waals surface area (Å²) in [5, 5.41) is 3.22. The Labute approximate surface area is 206 Å². The van der Waals surface area contributed by atoms with Gasteiger partial charge in [-0.3, -0.25) is 9.78 Å². The van der Waals surface area contributed by atoms with Gasteiger partial charge in [-0.1, -0.05) is 53.6 Å². The lowest BCUT2D eigenvalue weighted by Crippen LogP contribution is -2.41. The van der Waals surface area contributed by atoms with Crippen molar-refractivity contribution in [2.24, 2.45) is 0 Å². The molecule has 3 aromatic rings. The molecule has 1 unspecified atom stereocenters. The first-order valence-corrected chi connectivity index (χ1v) is 11.2. The zero-order valence-corrected chi connectivity index (χ0v) is 20.3. The van der Waals surface area contributed by atoms with Crippen molar-refractivity contribution in [1.82, 2.24) is 10.3 Å². The van der Waals surface area contributed by atoms with Crippen LogP contribution >= 0.6 is 23.2 Å². The van der Waals surface area contributed by atoms with Crippen molar-refractivity contribution in [3.8, 4) is 0 Å². The third-order valence-electron chi connectivity index (χ3n) is 5.30. The van der Waals surface area contributed by atoms with Crippen LogP contribution in [-0.2, 0) is 5.54 Å². The molecule has 0 saturated carbocycles. The number of pyridine rings is 1. The van der Waals surface area contributed by atoms with E-state index in [1.165, 1.54) is 24.3 Å². The predicted molar refractivity (Wildman–Crippen MR) is 130 cm³/mol. The van der Waals surface area contributed by atoms with Crippen LogP contribution in [0, 0.1) is 6.92 Å². The Morgan fingerprint density at radius 1 is 1.03 bits per heavy atom. The van der Waals surface area contributed by atoms with Crippen LogP contribution in [0.15, 0.2) is 66.9 Å². The van der Waals surface area contributed by atoms with E-state index in [4.69, 9.17) is 23.2 Å². The van der Waals surface area contributed by atoms with Gasteiger partial charge in [0.1, 0.15) is 0 Å². The van der Waals surface area contributed by atoms with Gasteiger partial charge in [-0.2, -0.15) is 13.2 Å². The summed E-state index contributed by atoms with van der Waals surface area (Å²) >= 11 is 11.8. The molecular formula is C26H23Cl2F3N2O. The molecule has 2 aromatic carbocycles. The number of nitrogens with one attached hydrogen (secondary N) is 1. The fourth-order valence-electron chi connectivity index (χ4n) is 3.56. The van der Waals surface area contributed by atoms with Crippen molar-refractivity contribution in [3.63, 3.8) is 0 Å². The number of carbonyl (C=O) groups excluding carboxylic acids is 1. The fourth-order valence-corrected chi connectivity index (χ4v) is 4.11. The maximum absolute atomic E-state index is 13.7. The molecule has 0 aliphatic heterocycles. The molecule has 1 atom stereocenters. The lowest BCUT2D eigenvalue weighted by atomic mass is 9.96. The van der Waals surface area contributed by atoms with Gasteiger partial charge in [-0.25, -0.2) is 0 Å². The molecule has 0 aliphatic carbocycles. The van der Waals surface area contributed by atoms with Gasteiger partial charge in [-0.15, -0.1) is 0 Å². The van der Waals surface area contributed by atoms with Crippen molar-refractivity contribution in [3.05, 3.63) is 105 Å². The monoisotopic (exact) mass is 506 g/mol. The Kier molecular flexibility index (Phi) is 7.74. The van der Waals surface area contributed by atoms with E-state index in [0.29, 0.717) is 22.4 Å². The quantitative estimate of drug-likeness (QED) is 0.371. The number of nitrogens with zero attached hydrogens (tertiary/aromatic N) is 1. The van der Waals surface area contributed by atoms with Crippen LogP contribution < -0.4 is 5.32 Å². The summed E-state index contributed by atoms with van der Waals surface area (Å²) in [5.74, 6) is -2.18. The smallest absolute Gasteiger partial charge is 0.342 e. The molecule has 0 saturated heterocycles. The number of alkyl halides is 3. The largest absolute Gasteiger partial charge is 0.399 e. The fraction of sp³-hybridized carbons (Fsp3) is 0.231. The van der Waals surface area contributed by atoms with Crippen LogP contribution in [0.25, 0.3) is 6.08 Å². The molecule has 0 aliphatic rings. The Hall–Kier alpha value is -2.83. The minimum Gasteiger partial charge on any atom is -0.342 e. The zero-order chi connectivity index (χ0) is 25.1. The van der Waals surface area contributed by atoms with Crippen LogP contribution in [-0.4, -0.2) is 17.1 Å². The zero-order valence-electron chi connectivity index (χ0n) is 18.8. The Bertz CT molecular complexity index is 1190. The highest BCUT2D eigenvalue weighted by atomic mass is 35.5. The van der Waals surface area contributed by atoms with E-state index in [1.54, 1.807) is 37.4 Å². The molecule has 8 heteroatoms. The molecule has 178 valence electrons. The number of benzene rings is 2. The van der Waals surface area contributed by atoms with Gasteiger partial charge in [-0.05, 0) is 73.9 Å². The number of halogens is 5. The first-order valence-electron chi connectivity index (χ1n) is 10.4. The standard InChI is InChI=1S/C26H23Cl2F3N2O/c1-16-12-17(8-10-22(26(29,30)31)18-13-19(27)15-20(28)14-18)7-9-21(16)24(34)33-25(2,3)23-6-4-5-11-32-23/h4-15,22H,1-3H3,(H,33,34). The van der Waals surface area contributed by atoms with E-state index in [-0.39, 0.29) is 21.5 Å². The van der Waals surface area contributed by atoms with Gasteiger partial charge < -0.3 is 5.32 Å². The number of rotatable bonds is 6. The van der Waals surface area contributed by atoms with Crippen molar-refractivity contribution in [1.29, 1.82) is 0 Å². The summed E-state index contributed by atoms with van der Waals surface area (Å²) in [6.07, 6.45) is -0.447. The van der Waals surface area contributed by atoms with Crippen LogP contribution in [0.1, 0.15) is 52.5 Å². The van der Waals surface area contributed by atoms with Crippen LogP contribution in [0.4, 0.5) is 13.2 Å². The number of aryl methyl sites for hydroxylation is 1. The molecular weight excluding hydrogens is 484 g/mol. The minimum absolute atomic E-state index is 0.0503. The Balaban J connectivity index is 1.83. The molecule has 3 nitrogen and oxygen atoms in total. The van der Waals surface area contributed by atoms with Crippen LogP contribution in [0.3, 0.4) is 0 Å². The highest BCUT2D eigenvalue weighted by Gasteiger charge is 2.39.